The molecule has 0 heterocycles. The van der Waals surface area contributed by atoms with Crippen molar-refractivity contribution in [3.8, 4) is 5.75 Å². The van der Waals surface area contributed by atoms with Crippen LogP contribution in [0.25, 0.3) is 0 Å². The van der Waals surface area contributed by atoms with Crippen molar-refractivity contribution in [2.75, 3.05) is 21.3 Å². The fraction of sp³-hybridized carbons (Fsp3) is 0.462. The average Bonchev–Trinajstić information content (AvgIpc) is 2.78. The van der Waals surface area contributed by atoms with Crippen LogP contribution in [0.1, 0.15) is 63.6 Å². The summed E-state index contributed by atoms with van der Waals surface area (Å²) >= 11 is 0. The predicted octanol–water partition coefficient (Wildman–Crippen LogP) is 4.72. The van der Waals surface area contributed by atoms with Gasteiger partial charge in [0.05, 0.1) is 18.8 Å². The molecule has 2 aromatic rings. The number of carbonyl (C=O) groups excluding carboxylic acids is 2. The molecule has 0 aromatic heterocycles. The molecule has 1 aliphatic rings. The summed E-state index contributed by atoms with van der Waals surface area (Å²) in [5.41, 5.74) is 4.10. The molecule has 172 valence electrons. The molecular formula is C26H32O6. The molecule has 32 heavy (non-hydrogen) atoms. The number of ketones is 1. The van der Waals surface area contributed by atoms with Crippen LogP contribution in [0, 0.1) is 12.8 Å². The van der Waals surface area contributed by atoms with Gasteiger partial charge in [-0.1, -0.05) is 18.2 Å². The lowest BCUT2D eigenvalue weighted by Crippen LogP contribution is -2.36. The van der Waals surface area contributed by atoms with Crippen LogP contribution in [-0.4, -0.2) is 45.5 Å². The molecule has 0 radical (unpaired) electrons. The molecule has 0 saturated carbocycles. The van der Waals surface area contributed by atoms with Crippen LogP contribution in [-0.2, 0) is 20.6 Å². The van der Waals surface area contributed by atoms with E-state index in [-0.39, 0.29) is 23.7 Å². The first kappa shape index (κ1) is 24.0. The van der Waals surface area contributed by atoms with Crippen LogP contribution in [0.15, 0.2) is 36.4 Å². The molecule has 3 rings (SSSR count). The van der Waals surface area contributed by atoms with Gasteiger partial charge in [0.2, 0.25) is 0 Å². The Bertz CT molecular complexity index is 959. The minimum atomic E-state index is -0.605. The Balaban J connectivity index is 2.00. The monoisotopic (exact) mass is 440 g/mol. The van der Waals surface area contributed by atoms with Crippen molar-refractivity contribution in [2.24, 2.45) is 5.92 Å². The summed E-state index contributed by atoms with van der Waals surface area (Å²) < 4.78 is 21.9. The molecule has 2 unspecified atom stereocenters. The number of aryl methyl sites for hydroxylation is 2. The number of Topliss-reactive ketones (excluding diaryl/α,β-unsaturated/α-hetero) is 1. The predicted molar refractivity (Wildman–Crippen MR) is 121 cm³/mol. The zero-order chi connectivity index (χ0) is 23.4. The van der Waals surface area contributed by atoms with E-state index in [1.165, 1.54) is 7.11 Å². The number of fused-ring (bicyclic) bond motifs is 1. The highest BCUT2D eigenvalue weighted by molar-refractivity contribution is 6.01. The standard InChI is InChI=1S/C26H32O6/c1-15(2)32-22-14-21-19(13-16(22)3)11-12-20(24(21)27)23(26(30-5)31-6)17-7-9-18(10-8-17)25(28)29-4/h7-10,13-15,20,23,26H,11-12H2,1-6H3. The number of esters is 1. The number of rotatable bonds is 8. The largest absolute Gasteiger partial charge is 0.491 e. The highest BCUT2D eigenvalue weighted by Gasteiger charge is 2.39. The fourth-order valence-electron chi connectivity index (χ4n) is 4.48. The first-order valence-electron chi connectivity index (χ1n) is 10.9. The zero-order valence-corrected chi connectivity index (χ0v) is 19.6. The van der Waals surface area contributed by atoms with Crippen molar-refractivity contribution in [1.82, 2.24) is 0 Å². The Morgan fingerprint density at radius 2 is 1.69 bits per heavy atom. The number of benzene rings is 2. The van der Waals surface area contributed by atoms with Crippen molar-refractivity contribution in [3.05, 3.63) is 64.2 Å². The van der Waals surface area contributed by atoms with Gasteiger partial charge in [-0.3, -0.25) is 4.79 Å². The number of methoxy groups -OCH3 is 3. The quantitative estimate of drug-likeness (QED) is 0.437. The van der Waals surface area contributed by atoms with Crippen LogP contribution in [0.3, 0.4) is 0 Å². The van der Waals surface area contributed by atoms with Gasteiger partial charge in [0, 0.05) is 31.6 Å². The minimum absolute atomic E-state index is 0.0219. The third kappa shape index (κ3) is 4.87. The molecular weight excluding hydrogens is 408 g/mol. The summed E-state index contributed by atoms with van der Waals surface area (Å²) in [7, 11) is 4.49. The van der Waals surface area contributed by atoms with Gasteiger partial charge in [-0.15, -0.1) is 0 Å². The first-order chi connectivity index (χ1) is 15.3. The van der Waals surface area contributed by atoms with Crippen LogP contribution in [0.4, 0.5) is 0 Å². The van der Waals surface area contributed by atoms with Gasteiger partial charge in [0.1, 0.15) is 5.75 Å². The molecule has 0 fully saturated rings. The normalized spacial score (nSPS) is 16.8. The number of hydrogen-bond donors (Lipinski definition) is 0. The molecule has 0 bridgehead atoms. The third-order valence-corrected chi connectivity index (χ3v) is 6.00. The van der Waals surface area contributed by atoms with Gasteiger partial charge in [0.25, 0.3) is 0 Å². The Kier molecular flexibility index (Phi) is 7.69. The highest BCUT2D eigenvalue weighted by Crippen LogP contribution is 2.40. The Morgan fingerprint density at radius 1 is 1.03 bits per heavy atom. The minimum Gasteiger partial charge on any atom is -0.491 e. The lowest BCUT2D eigenvalue weighted by Gasteiger charge is -2.35. The lowest BCUT2D eigenvalue weighted by molar-refractivity contribution is -0.125. The van der Waals surface area contributed by atoms with Gasteiger partial charge in [-0.05, 0) is 68.5 Å². The average molecular weight is 441 g/mol. The van der Waals surface area contributed by atoms with Gasteiger partial charge in [0.15, 0.2) is 12.1 Å². The van der Waals surface area contributed by atoms with Crippen molar-refractivity contribution in [2.45, 2.75) is 51.9 Å². The zero-order valence-electron chi connectivity index (χ0n) is 19.6. The molecule has 0 saturated heterocycles. The summed E-state index contributed by atoms with van der Waals surface area (Å²) in [6.45, 7) is 5.95. The molecule has 0 amide bonds. The fourth-order valence-corrected chi connectivity index (χ4v) is 4.48. The number of carbonyl (C=O) groups is 2. The first-order valence-corrected chi connectivity index (χ1v) is 10.9. The van der Waals surface area contributed by atoms with Gasteiger partial charge < -0.3 is 18.9 Å². The smallest absolute Gasteiger partial charge is 0.337 e. The number of hydrogen-bond acceptors (Lipinski definition) is 6. The summed E-state index contributed by atoms with van der Waals surface area (Å²) in [6, 6.07) is 11.0. The van der Waals surface area contributed by atoms with Gasteiger partial charge >= 0.3 is 5.97 Å². The van der Waals surface area contributed by atoms with E-state index >= 15 is 0 Å². The molecule has 2 atom stereocenters. The van der Waals surface area contributed by atoms with Crippen LogP contribution >= 0.6 is 0 Å². The van der Waals surface area contributed by atoms with E-state index in [1.807, 2.05) is 39.0 Å². The molecule has 0 aliphatic heterocycles. The summed E-state index contributed by atoms with van der Waals surface area (Å²) in [4.78, 5) is 25.5. The second-order valence-corrected chi connectivity index (χ2v) is 8.43. The maximum atomic E-state index is 13.7. The summed E-state index contributed by atoms with van der Waals surface area (Å²) in [5, 5.41) is 0. The molecule has 0 spiro atoms. The van der Waals surface area contributed by atoms with E-state index in [0.29, 0.717) is 17.5 Å². The Morgan fingerprint density at radius 3 is 2.25 bits per heavy atom. The van der Waals surface area contributed by atoms with Gasteiger partial charge in [-0.2, -0.15) is 0 Å². The van der Waals surface area contributed by atoms with E-state index < -0.39 is 12.3 Å². The maximum Gasteiger partial charge on any atom is 0.337 e. The van der Waals surface area contributed by atoms with Crippen LogP contribution in [0.5, 0.6) is 5.75 Å². The molecule has 6 nitrogen and oxygen atoms in total. The van der Waals surface area contributed by atoms with Crippen molar-refractivity contribution in [3.63, 3.8) is 0 Å². The van der Waals surface area contributed by atoms with Crippen molar-refractivity contribution < 1.29 is 28.5 Å². The van der Waals surface area contributed by atoms with E-state index in [2.05, 4.69) is 6.07 Å². The van der Waals surface area contributed by atoms with Crippen molar-refractivity contribution >= 4 is 11.8 Å². The summed E-state index contributed by atoms with van der Waals surface area (Å²) in [6.07, 6.45) is 0.883. The molecule has 2 aromatic carbocycles. The van der Waals surface area contributed by atoms with E-state index in [9.17, 15) is 9.59 Å². The van der Waals surface area contributed by atoms with Crippen LogP contribution < -0.4 is 4.74 Å². The maximum absolute atomic E-state index is 13.7. The Hall–Kier alpha value is -2.70. The topological polar surface area (TPSA) is 71.1 Å². The third-order valence-electron chi connectivity index (χ3n) is 6.00. The van der Waals surface area contributed by atoms with E-state index in [0.717, 1.165) is 28.9 Å². The highest BCUT2D eigenvalue weighted by atomic mass is 16.7. The SMILES string of the molecule is COC(=O)c1ccc(C(C(OC)OC)C2CCc3cc(C)c(OC(C)C)cc3C2=O)cc1. The Labute approximate surface area is 189 Å². The second kappa shape index (κ2) is 10.3. The molecule has 6 heteroatoms. The second-order valence-electron chi connectivity index (χ2n) is 8.43. The lowest BCUT2D eigenvalue weighted by atomic mass is 9.73. The van der Waals surface area contributed by atoms with Gasteiger partial charge in [-0.25, -0.2) is 4.79 Å². The van der Waals surface area contributed by atoms with Crippen molar-refractivity contribution in [1.29, 1.82) is 0 Å². The number of ether oxygens (including phenoxy) is 4. The summed E-state index contributed by atoms with van der Waals surface area (Å²) in [5.74, 6) is -0.263. The molecule has 1 aliphatic carbocycles. The van der Waals surface area contributed by atoms with E-state index in [1.54, 1.807) is 26.4 Å². The van der Waals surface area contributed by atoms with Crippen LogP contribution in [0.2, 0.25) is 0 Å². The molecule has 0 N–H and O–H groups in total. The van der Waals surface area contributed by atoms with E-state index in [4.69, 9.17) is 18.9 Å².